The molecule has 1 heterocycles. The molecule has 0 aliphatic rings. The highest BCUT2D eigenvalue weighted by Crippen LogP contribution is 2.20. The van der Waals surface area contributed by atoms with Crippen molar-refractivity contribution >= 4 is 17.5 Å². The highest BCUT2D eigenvalue weighted by molar-refractivity contribution is 5.57. The topological polar surface area (TPSA) is 41.1 Å². The first-order valence-corrected chi connectivity index (χ1v) is 7.63. The van der Waals surface area contributed by atoms with Crippen molar-refractivity contribution in [2.24, 2.45) is 0 Å². The van der Waals surface area contributed by atoms with E-state index < -0.39 is 0 Å². The first-order chi connectivity index (χ1) is 11.2. The van der Waals surface area contributed by atoms with Gasteiger partial charge in [-0.15, -0.1) is 0 Å². The molecular formula is C19H20N4. The van der Waals surface area contributed by atoms with Crippen molar-refractivity contribution < 1.29 is 0 Å². The lowest BCUT2D eigenvalue weighted by atomic mass is 10.1. The molecule has 0 saturated carbocycles. The van der Waals surface area contributed by atoms with Crippen molar-refractivity contribution in [3.63, 3.8) is 0 Å². The standard InChI is InChI=1S/C19H20N4/c1-15-7-6-8-16(13-15)14-21-18-11-12-20-19(22-18)23(2)17-9-4-3-5-10-17/h3-13H,14H2,1-2H3,(H,20,21,22). The molecule has 0 fully saturated rings. The summed E-state index contributed by atoms with van der Waals surface area (Å²) in [6.45, 7) is 2.84. The Hall–Kier alpha value is -2.88. The van der Waals surface area contributed by atoms with Crippen LogP contribution in [0.4, 0.5) is 17.5 Å². The SMILES string of the molecule is Cc1cccc(CNc2ccnc(N(C)c3ccccc3)n2)c1. The van der Waals surface area contributed by atoms with Crippen LogP contribution in [0.3, 0.4) is 0 Å². The molecule has 0 saturated heterocycles. The molecular weight excluding hydrogens is 284 g/mol. The average Bonchev–Trinajstić information content (AvgIpc) is 2.60. The van der Waals surface area contributed by atoms with Crippen LogP contribution in [0.5, 0.6) is 0 Å². The minimum absolute atomic E-state index is 0.672. The molecule has 116 valence electrons. The van der Waals surface area contributed by atoms with E-state index in [9.17, 15) is 0 Å². The van der Waals surface area contributed by atoms with Crippen LogP contribution in [-0.2, 0) is 6.54 Å². The molecule has 0 aliphatic carbocycles. The number of rotatable bonds is 5. The summed E-state index contributed by atoms with van der Waals surface area (Å²) in [5.41, 5.74) is 3.56. The van der Waals surface area contributed by atoms with Crippen molar-refractivity contribution in [3.05, 3.63) is 78.0 Å². The zero-order valence-corrected chi connectivity index (χ0v) is 13.4. The van der Waals surface area contributed by atoms with Crippen molar-refractivity contribution in [1.29, 1.82) is 0 Å². The van der Waals surface area contributed by atoms with Crippen LogP contribution in [0.25, 0.3) is 0 Å². The van der Waals surface area contributed by atoms with Crippen LogP contribution in [-0.4, -0.2) is 17.0 Å². The van der Waals surface area contributed by atoms with Gasteiger partial charge in [0.2, 0.25) is 5.95 Å². The Kier molecular flexibility index (Phi) is 4.52. The van der Waals surface area contributed by atoms with E-state index in [1.165, 1.54) is 11.1 Å². The first kappa shape index (κ1) is 15.0. The minimum atomic E-state index is 0.672. The Balaban J connectivity index is 1.72. The van der Waals surface area contributed by atoms with Crippen LogP contribution < -0.4 is 10.2 Å². The summed E-state index contributed by atoms with van der Waals surface area (Å²) < 4.78 is 0. The summed E-state index contributed by atoms with van der Waals surface area (Å²) in [5, 5.41) is 3.36. The Morgan fingerprint density at radius 3 is 2.61 bits per heavy atom. The number of anilines is 3. The Morgan fingerprint density at radius 1 is 1.00 bits per heavy atom. The normalized spacial score (nSPS) is 10.3. The molecule has 1 N–H and O–H groups in total. The minimum Gasteiger partial charge on any atom is -0.366 e. The Morgan fingerprint density at radius 2 is 1.83 bits per heavy atom. The van der Waals surface area contributed by atoms with E-state index >= 15 is 0 Å². The number of hydrogen-bond donors (Lipinski definition) is 1. The molecule has 1 aromatic heterocycles. The summed E-state index contributed by atoms with van der Waals surface area (Å²) in [7, 11) is 1.97. The maximum atomic E-state index is 4.59. The molecule has 0 unspecified atom stereocenters. The van der Waals surface area contributed by atoms with Gasteiger partial charge in [0, 0.05) is 25.5 Å². The predicted molar refractivity (Wildman–Crippen MR) is 95.0 cm³/mol. The lowest BCUT2D eigenvalue weighted by molar-refractivity contribution is 1.02. The highest BCUT2D eigenvalue weighted by Gasteiger charge is 2.07. The second-order valence-electron chi connectivity index (χ2n) is 5.48. The van der Waals surface area contributed by atoms with Gasteiger partial charge in [-0.1, -0.05) is 48.0 Å². The van der Waals surface area contributed by atoms with Gasteiger partial charge in [-0.2, -0.15) is 4.98 Å². The van der Waals surface area contributed by atoms with Gasteiger partial charge in [0.25, 0.3) is 0 Å². The number of aryl methyl sites for hydroxylation is 1. The van der Waals surface area contributed by atoms with Crippen LogP contribution in [0, 0.1) is 6.92 Å². The molecule has 3 rings (SSSR count). The third kappa shape index (κ3) is 3.86. The second-order valence-corrected chi connectivity index (χ2v) is 5.48. The van der Waals surface area contributed by atoms with E-state index in [1.54, 1.807) is 6.20 Å². The van der Waals surface area contributed by atoms with Gasteiger partial charge >= 0.3 is 0 Å². The van der Waals surface area contributed by atoms with Crippen LogP contribution in [0.2, 0.25) is 0 Å². The molecule has 0 spiro atoms. The van der Waals surface area contributed by atoms with E-state index in [2.05, 4.69) is 46.5 Å². The summed E-state index contributed by atoms with van der Waals surface area (Å²) in [5.74, 6) is 1.49. The zero-order valence-electron chi connectivity index (χ0n) is 13.4. The predicted octanol–water partition coefficient (Wildman–Crippen LogP) is 4.17. The molecule has 2 aromatic carbocycles. The Bertz CT molecular complexity index is 771. The van der Waals surface area contributed by atoms with E-state index in [0.717, 1.165) is 18.1 Å². The number of hydrogen-bond acceptors (Lipinski definition) is 4. The van der Waals surface area contributed by atoms with Gasteiger partial charge in [-0.25, -0.2) is 4.98 Å². The molecule has 23 heavy (non-hydrogen) atoms. The fourth-order valence-corrected chi connectivity index (χ4v) is 2.39. The number of benzene rings is 2. The third-order valence-corrected chi connectivity index (χ3v) is 3.64. The van der Waals surface area contributed by atoms with Gasteiger partial charge in [-0.3, -0.25) is 0 Å². The maximum Gasteiger partial charge on any atom is 0.231 e. The summed E-state index contributed by atoms with van der Waals surface area (Å²) >= 11 is 0. The van der Waals surface area contributed by atoms with Gasteiger partial charge in [0.05, 0.1) is 0 Å². The van der Waals surface area contributed by atoms with Crippen molar-refractivity contribution in [1.82, 2.24) is 9.97 Å². The summed E-state index contributed by atoms with van der Waals surface area (Å²) in [4.78, 5) is 10.9. The van der Waals surface area contributed by atoms with E-state index in [4.69, 9.17) is 0 Å². The molecule has 0 amide bonds. The number of nitrogens with one attached hydrogen (secondary N) is 1. The molecule has 3 aromatic rings. The lowest BCUT2D eigenvalue weighted by Crippen LogP contribution is -2.14. The quantitative estimate of drug-likeness (QED) is 0.768. The molecule has 0 bridgehead atoms. The molecule has 0 atom stereocenters. The van der Waals surface area contributed by atoms with Crippen LogP contribution >= 0.6 is 0 Å². The third-order valence-electron chi connectivity index (χ3n) is 3.64. The van der Waals surface area contributed by atoms with E-state index in [-0.39, 0.29) is 0 Å². The van der Waals surface area contributed by atoms with E-state index in [1.807, 2.05) is 48.3 Å². The largest absolute Gasteiger partial charge is 0.366 e. The summed E-state index contributed by atoms with van der Waals surface area (Å²) in [6, 6.07) is 20.4. The summed E-state index contributed by atoms with van der Waals surface area (Å²) in [6.07, 6.45) is 1.78. The second kappa shape index (κ2) is 6.92. The zero-order chi connectivity index (χ0) is 16.1. The fourth-order valence-electron chi connectivity index (χ4n) is 2.39. The van der Waals surface area contributed by atoms with Gasteiger partial charge in [-0.05, 0) is 30.7 Å². The fraction of sp³-hybridized carbons (Fsp3) is 0.158. The van der Waals surface area contributed by atoms with Crippen molar-refractivity contribution in [2.75, 3.05) is 17.3 Å². The highest BCUT2D eigenvalue weighted by atomic mass is 15.2. The number of aromatic nitrogens is 2. The van der Waals surface area contributed by atoms with Gasteiger partial charge in [0.15, 0.2) is 0 Å². The average molecular weight is 304 g/mol. The molecule has 4 nitrogen and oxygen atoms in total. The van der Waals surface area contributed by atoms with Crippen molar-refractivity contribution in [3.8, 4) is 0 Å². The van der Waals surface area contributed by atoms with Crippen LogP contribution in [0.1, 0.15) is 11.1 Å². The molecule has 4 heteroatoms. The first-order valence-electron chi connectivity index (χ1n) is 7.63. The maximum absolute atomic E-state index is 4.59. The molecule has 0 radical (unpaired) electrons. The smallest absolute Gasteiger partial charge is 0.231 e. The van der Waals surface area contributed by atoms with E-state index in [0.29, 0.717) is 5.95 Å². The Labute approximate surface area is 136 Å². The molecule has 0 aliphatic heterocycles. The number of para-hydroxylation sites is 1. The number of nitrogens with zero attached hydrogens (tertiary/aromatic N) is 3. The van der Waals surface area contributed by atoms with Gasteiger partial charge < -0.3 is 10.2 Å². The monoisotopic (exact) mass is 304 g/mol. The van der Waals surface area contributed by atoms with Crippen LogP contribution in [0.15, 0.2) is 66.9 Å². The van der Waals surface area contributed by atoms with Gasteiger partial charge in [0.1, 0.15) is 5.82 Å². The van der Waals surface area contributed by atoms with Crippen molar-refractivity contribution in [2.45, 2.75) is 13.5 Å². The lowest BCUT2D eigenvalue weighted by Gasteiger charge is -2.17.